The molecule has 0 aromatic carbocycles. The molecule has 6 nitrogen and oxygen atoms in total. The van der Waals surface area contributed by atoms with Crippen molar-refractivity contribution in [2.75, 3.05) is 13.2 Å². The van der Waals surface area contributed by atoms with Gasteiger partial charge in [-0.2, -0.15) is 0 Å². The van der Waals surface area contributed by atoms with E-state index in [4.69, 9.17) is 14.2 Å². The third-order valence-corrected chi connectivity index (χ3v) is 13.2. The Morgan fingerprint density at radius 2 is 0.500 bits per heavy atom. The predicted molar refractivity (Wildman–Crippen MR) is 348 cm³/mol. The van der Waals surface area contributed by atoms with Crippen LogP contribution in [0.25, 0.3) is 0 Å². The maximum Gasteiger partial charge on any atom is 0.306 e. The smallest absolute Gasteiger partial charge is 0.306 e. The summed E-state index contributed by atoms with van der Waals surface area (Å²) in [6.07, 6.45) is 96.8. The molecule has 6 heteroatoms. The molecule has 0 heterocycles. The van der Waals surface area contributed by atoms with Gasteiger partial charge in [-0.05, 0) is 141 Å². The minimum Gasteiger partial charge on any atom is -0.462 e. The maximum absolute atomic E-state index is 12.9. The van der Waals surface area contributed by atoms with Gasteiger partial charge in [0.25, 0.3) is 0 Å². The molecule has 0 saturated carbocycles. The Morgan fingerprint density at radius 3 is 0.825 bits per heavy atom. The maximum atomic E-state index is 12.9. The van der Waals surface area contributed by atoms with Crippen molar-refractivity contribution in [2.24, 2.45) is 0 Å². The zero-order valence-electron chi connectivity index (χ0n) is 51.5. The molecular weight excluding hydrogens is 985 g/mol. The van der Waals surface area contributed by atoms with Gasteiger partial charge in [0, 0.05) is 19.3 Å². The first kappa shape index (κ1) is 75.0. The Hall–Kier alpha value is -4.97. The van der Waals surface area contributed by atoms with E-state index < -0.39 is 6.10 Å². The molecule has 1 unspecified atom stereocenters. The molecule has 0 radical (unpaired) electrons. The third-order valence-electron chi connectivity index (χ3n) is 13.2. The Labute approximate surface area is 492 Å². The number of allylic oxidation sites excluding steroid dienone is 26. The second-order valence-corrected chi connectivity index (χ2v) is 20.9. The van der Waals surface area contributed by atoms with Crippen LogP contribution < -0.4 is 0 Å². The predicted octanol–water partition coefficient (Wildman–Crippen LogP) is 22.5. The van der Waals surface area contributed by atoms with Crippen molar-refractivity contribution < 1.29 is 28.6 Å². The summed E-state index contributed by atoms with van der Waals surface area (Å²) in [4.78, 5) is 38.3. The van der Waals surface area contributed by atoms with Crippen LogP contribution >= 0.6 is 0 Å². The van der Waals surface area contributed by atoms with Crippen molar-refractivity contribution >= 4 is 17.9 Å². The van der Waals surface area contributed by atoms with Crippen molar-refractivity contribution in [1.29, 1.82) is 0 Å². The highest BCUT2D eigenvalue weighted by molar-refractivity contribution is 5.71. The van der Waals surface area contributed by atoms with Gasteiger partial charge in [0.1, 0.15) is 13.2 Å². The van der Waals surface area contributed by atoms with Gasteiger partial charge >= 0.3 is 17.9 Å². The molecule has 1 atom stereocenters. The Bertz CT molecular complexity index is 1790. The summed E-state index contributed by atoms with van der Waals surface area (Å²) in [5.41, 5.74) is 0. The van der Waals surface area contributed by atoms with E-state index in [2.05, 4.69) is 179 Å². The van der Waals surface area contributed by atoms with Gasteiger partial charge in [0.2, 0.25) is 0 Å². The average molecular weight is 1100 g/mol. The molecule has 0 bridgehead atoms. The minimum atomic E-state index is -0.819. The molecule has 0 aliphatic carbocycles. The molecule has 0 saturated heterocycles. The summed E-state index contributed by atoms with van der Waals surface area (Å²) < 4.78 is 16.9. The van der Waals surface area contributed by atoms with Crippen LogP contribution in [-0.2, 0) is 28.6 Å². The van der Waals surface area contributed by atoms with E-state index in [9.17, 15) is 14.4 Å². The van der Waals surface area contributed by atoms with Gasteiger partial charge in [0.05, 0.1) is 0 Å². The van der Waals surface area contributed by atoms with E-state index in [0.717, 1.165) is 148 Å². The van der Waals surface area contributed by atoms with E-state index >= 15 is 0 Å². The fourth-order valence-corrected chi connectivity index (χ4v) is 8.45. The summed E-state index contributed by atoms with van der Waals surface area (Å²) >= 11 is 0. The standard InChI is InChI=1S/C74H118O6/c1-4-7-10-13-16-19-22-25-28-31-32-33-34-35-36-37-38-39-40-41-42-44-46-49-52-55-58-61-64-67-73(76)79-70-71(69-78-72(75)66-63-60-57-54-51-48-45-30-27-24-21-18-15-12-9-6-3)80-74(77)68-65-62-59-56-53-50-47-43-29-26-23-20-17-14-11-8-5-2/h7-8,10-11,16-17,19-20,25-26,28-30,32-33,35-36,38-39,41-42,45-46,49,55,58,71H,4-6,9,12-15,18,21-24,27,31,34,37,40,43-44,47-48,50-54,56-57,59-70H2,1-3H3/b10-7-,11-8-,19-16-,20-17-,28-25-,29-26-,33-32-,36-35-,39-38-,42-41-,45-30-,49-46-,58-55-. The number of rotatable bonds is 57. The topological polar surface area (TPSA) is 78.9 Å². The molecule has 450 valence electrons. The largest absolute Gasteiger partial charge is 0.462 e. The van der Waals surface area contributed by atoms with Crippen LogP contribution in [0.4, 0.5) is 0 Å². The van der Waals surface area contributed by atoms with Gasteiger partial charge in [-0.3, -0.25) is 14.4 Å². The van der Waals surface area contributed by atoms with Gasteiger partial charge in [0.15, 0.2) is 6.10 Å². The number of carbonyl (C=O) groups excluding carboxylic acids is 3. The normalized spacial score (nSPS) is 13.2. The lowest BCUT2D eigenvalue weighted by Crippen LogP contribution is -2.30. The minimum absolute atomic E-state index is 0.110. The lowest BCUT2D eigenvalue weighted by molar-refractivity contribution is -0.167. The number of esters is 3. The summed E-state index contributed by atoms with van der Waals surface area (Å²) in [6, 6.07) is 0. The Morgan fingerprint density at radius 1 is 0.263 bits per heavy atom. The van der Waals surface area contributed by atoms with Crippen molar-refractivity contribution in [1.82, 2.24) is 0 Å². The van der Waals surface area contributed by atoms with Crippen molar-refractivity contribution in [3.63, 3.8) is 0 Å². The molecule has 0 fully saturated rings. The SMILES string of the molecule is CC/C=C\C/C=C\C/C=C\C/C=C\C/C=C\C/C=C\C/C=C\C/C=C\C/C=C\CCCC(=O)OCC(COC(=O)CCCCCCC/C=C\CCCCCCCCC)OC(=O)CCCCCCCCC/C=C\C/C=C\C/C=C\CC. The molecule has 0 N–H and O–H groups in total. The van der Waals surface area contributed by atoms with Crippen molar-refractivity contribution in [2.45, 2.75) is 277 Å². The summed E-state index contributed by atoms with van der Waals surface area (Å²) in [7, 11) is 0. The molecule has 0 aliphatic heterocycles. The second kappa shape index (κ2) is 66.5. The highest BCUT2D eigenvalue weighted by Gasteiger charge is 2.19. The number of hydrogen-bond donors (Lipinski definition) is 0. The van der Waals surface area contributed by atoms with Crippen molar-refractivity contribution in [3.8, 4) is 0 Å². The molecule has 0 aromatic heterocycles. The van der Waals surface area contributed by atoms with Crippen LogP contribution in [0.3, 0.4) is 0 Å². The van der Waals surface area contributed by atoms with Gasteiger partial charge in [-0.15, -0.1) is 0 Å². The van der Waals surface area contributed by atoms with Crippen LogP contribution in [0.15, 0.2) is 158 Å². The van der Waals surface area contributed by atoms with E-state index in [-0.39, 0.29) is 37.5 Å². The van der Waals surface area contributed by atoms with E-state index in [0.29, 0.717) is 19.3 Å². The van der Waals surface area contributed by atoms with Crippen LogP contribution in [0.1, 0.15) is 271 Å². The first-order valence-electron chi connectivity index (χ1n) is 32.5. The lowest BCUT2D eigenvalue weighted by Gasteiger charge is -2.18. The van der Waals surface area contributed by atoms with Crippen LogP contribution in [0.5, 0.6) is 0 Å². The highest BCUT2D eigenvalue weighted by Crippen LogP contribution is 2.14. The fraction of sp³-hybridized carbons (Fsp3) is 0.608. The summed E-state index contributed by atoms with van der Waals surface area (Å²) in [5.74, 6) is -0.992. The van der Waals surface area contributed by atoms with Gasteiger partial charge < -0.3 is 14.2 Å². The second-order valence-electron chi connectivity index (χ2n) is 20.9. The summed E-state index contributed by atoms with van der Waals surface area (Å²) in [6.45, 7) is 6.35. The van der Waals surface area contributed by atoms with Gasteiger partial charge in [-0.25, -0.2) is 0 Å². The molecule has 0 aromatic rings. The van der Waals surface area contributed by atoms with Crippen LogP contribution in [0, 0.1) is 0 Å². The molecule has 0 amide bonds. The highest BCUT2D eigenvalue weighted by atomic mass is 16.6. The zero-order valence-corrected chi connectivity index (χ0v) is 51.5. The van der Waals surface area contributed by atoms with E-state index in [1.807, 2.05) is 0 Å². The first-order valence-corrected chi connectivity index (χ1v) is 32.5. The molecule has 0 rings (SSSR count). The zero-order chi connectivity index (χ0) is 57.8. The van der Waals surface area contributed by atoms with Gasteiger partial charge in [-0.1, -0.05) is 269 Å². The fourth-order valence-electron chi connectivity index (χ4n) is 8.45. The lowest BCUT2D eigenvalue weighted by atomic mass is 10.1. The number of carbonyl (C=O) groups is 3. The van der Waals surface area contributed by atoms with Crippen LogP contribution in [-0.4, -0.2) is 37.2 Å². The molecular formula is C74H118O6. The summed E-state index contributed by atoms with van der Waals surface area (Å²) in [5, 5.41) is 0. The van der Waals surface area contributed by atoms with E-state index in [1.54, 1.807) is 0 Å². The quantitative estimate of drug-likeness (QED) is 0.0261. The van der Waals surface area contributed by atoms with Crippen molar-refractivity contribution in [3.05, 3.63) is 158 Å². The molecule has 80 heavy (non-hydrogen) atoms. The number of hydrogen-bond acceptors (Lipinski definition) is 6. The van der Waals surface area contributed by atoms with Crippen LogP contribution in [0.2, 0.25) is 0 Å². The average Bonchev–Trinajstić information content (AvgIpc) is 3.46. The number of unbranched alkanes of at least 4 members (excludes halogenated alkanes) is 20. The number of ether oxygens (including phenoxy) is 3. The van der Waals surface area contributed by atoms with E-state index in [1.165, 1.54) is 77.0 Å². The third kappa shape index (κ3) is 63.9. The Kier molecular flexibility index (Phi) is 62.4. The molecule has 0 aliphatic rings. The first-order chi connectivity index (χ1) is 39.5. The molecule has 0 spiro atoms. The monoisotopic (exact) mass is 1100 g/mol. The Balaban J connectivity index is 4.49.